The highest BCUT2D eigenvalue weighted by Crippen LogP contribution is 2.40. The van der Waals surface area contributed by atoms with Crippen LogP contribution in [0.25, 0.3) is 11.3 Å². The number of furan rings is 1. The Kier molecular flexibility index (Phi) is 5.89. The van der Waals surface area contributed by atoms with Crippen molar-refractivity contribution in [2.45, 2.75) is 12.1 Å². The predicted octanol–water partition coefficient (Wildman–Crippen LogP) is 2.70. The molecule has 164 valence electrons. The average molecular weight is 453 g/mol. The number of nitrogens with zero attached hydrogens (tertiary/aromatic N) is 2. The van der Waals surface area contributed by atoms with Crippen LogP contribution < -0.4 is 5.32 Å². The Morgan fingerprint density at radius 2 is 1.81 bits per heavy atom. The number of aliphatic hydroxyl groups is 1. The number of nitrogens with one attached hydrogen (secondary N) is 1. The van der Waals surface area contributed by atoms with Crippen molar-refractivity contribution in [3.63, 3.8) is 0 Å². The molecule has 1 aromatic carbocycles. The lowest BCUT2D eigenvalue weighted by Crippen LogP contribution is -2.32. The van der Waals surface area contributed by atoms with Gasteiger partial charge in [-0.05, 0) is 54.7 Å². The van der Waals surface area contributed by atoms with E-state index < -0.39 is 18.0 Å². The van der Waals surface area contributed by atoms with Crippen LogP contribution in [0.2, 0.25) is 0 Å². The summed E-state index contributed by atoms with van der Waals surface area (Å²) in [5.41, 5.74) is 0.745. The molecule has 0 saturated carbocycles. The summed E-state index contributed by atoms with van der Waals surface area (Å²) in [4.78, 5) is 29.1. The molecule has 0 radical (unpaired) electrons. The van der Waals surface area contributed by atoms with Crippen LogP contribution in [0.1, 0.15) is 44.3 Å². The van der Waals surface area contributed by atoms with E-state index in [1.54, 1.807) is 29.3 Å². The number of carboxylic acids is 2. The van der Waals surface area contributed by atoms with Gasteiger partial charge in [0.25, 0.3) is 0 Å². The minimum Gasteiger partial charge on any atom is -0.478 e. The largest absolute Gasteiger partial charge is 0.478 e. The van der Waals surface area contributed by atoms with E-state index in [1.165, 1.54) is 12.1 Å². The lowest BCUT2D eigenvalue weighted by Gasteiger charge is -2.25. The number of pyridine rings is 1. The minimum absolute atomic E-state index is 0.122. The van der Waals surface area contributed by atoms with Gasteiger partial charge in [0.05, 0.1) is 29.5 Å². The topological polar surface area (TPSA) is 136 Å². The molecule has 32 heavy (non-hydrogen) atoms. The molecule has 2 atom stereocenters. The first kappa shape index (κ1) is 21.5. The van der Waals surface area contributed by atoms with Gasteiger partial charge < -0.3 is 30.0 Å². The molecule has 0 spiro atoms. The number of aromatic nitrogens is 1. The van der Waals surface area contributed by atoms with Crippen LogP contribution in [0.3, 0.4) is 0 Å². The van der Waals surface area contributed by atoms with E-state index in [0.29, 0.717) is 22.2 Å². The fourth-order valence-corrected chi connectivity index (χ4v) is 4.08. The zero-order valence-electron chi connectivity index (χ0n) is 16.6. The third-order valence-corrected chi connectivity index (χ3v) is 5.52. The summed E-state index contributed by atoms with van der Waals surface area (Å²) in [6.07, 6.45) is 1.67. The maximum atomic E-state index is 11.4. The number of hydrogen-bond acceptors (Lipinski definition) is 6. The molecule has 1 fully saturated rings. The lowest BCUT2D eigenvalue weighted by atomic mass is 10.0. The number of rotatable bonds is 7. The fourth-order valence-electron chi connectivity index (χ4n) is 3.75. The molecule has 3 aromatic rings. The normalized spacial score (nSPS) is 17.9. The number of hydrogen-bond donors (Lipinski definition) is 4. The molecule has 0 aliphatic carbocycles. The molecular weight excluding hydrogens is 434 g/mol. The number of thiocarbonyl (C=S) groups is 1. The molecule has 10 heteroatoms. The lowest BCUT2D eigenvalue weighted by molar-refractivity contribution is 0.0696. The van der Waals surface area contributed by atoms with E-state index in [9.17, 15) is 24.9 Å². The van der Waals surface area contributed by atoms with E-state index in [-0.39, 0.29) is 30.3 Å². The molecule has 2 aromatic heterocycles. The molecule has 0 bridgehead atoms. The first-order chi connectivity index (χ1) is 15.4. The maximum absolute atomic E-state index is 11.4. The third-order valence-electron chi connectivity index (χ3n) is 5.17. The fraction of sp³-hybridized carbons (Fsp3) is 0.182. The third kappa shape index (κ3) is 4.05. The number of carboxylic acid groups (broad SMARTS) is 2. The Labute approximate surface area is 187 Å². The number of carbonyl (C=O) groups is 2. The number of β-amino-alcohol motifs (C(OH)–C–C–N with tert-alkyl or cyclic N) is 1. The number of aromatic carboxylic acids is 2. The van der Waals surface area contributed by atoms with Crippen molar-refractivity contribution in [3.05, 3.63) is 77.3 Å². The Bertz CT molecular complexity index is 1150. The Morgan fingerprint density at radius 1 is 1.09 bits per heavy atom. The average Bonchev–Trinajstić information content (AvgIpc) is 3.39. The SMILES string of the molecule is O=C(O)c1cc(C(=O)O)cc(-c2ccc([C@H]3[C@H](c4ccccn4)NC(=S)N3CCO)o2)c1. The quantitative estimate of drug-likeness (QED) is 0.395. The number of aliphatic hydroxyl groups excluding tert-OH is 1. The van der Waals surface area contributed by atoms with Crippen molar-refractivity contribution < 1.29 is 29.3 Å². The second-order valence-corrected chi connectivity index (χ2v) is 7.54. The summed E-state index contributed by atoms with van der Waals surface area (Å²) in [6, 6.07) is 11.9. The van der Waals surface area contributed by atoms with E-state index >= 15 is 0 Å². The summed E-state index contributed by atoms with van der Waals surface area (Å²) >= 11 is 5.46. The zero-order chi connectivity index (χ0) is 22.8. The first-order valence-electron chi connectivity index (χ1n) is 9.69. The molecule has 0 unspecified atom stereocenters. The van der Waals surface area contributed by atoms with Crippen molar-refractivity contribution in [2.75, 3.05) is 13.2 Å². The molecule has 1 saturated heterocycles. The highest BCUT2D eigenvalue weighted by Gasteiger charge is 2.41. The summed E-state index contributed by atoms with van der Waals surface area (Å²) in [5.74, 6) is -1.66. The van der Waals surface area contributed by atoms with Crippen LogP contribution in [0, 0.1) is 0 Å². The minimum atomic E-state index is -1.24. The number of benzene rings is 1. The van der Waals surface area contributed by atoms with Gasteiger partial charge in [-0.1, -0.05) is 6.07 Å². The highest BCUT2D eigenvalue weighted by molar-refractivity contribution is 7.80. The standard InChI is InChI=1S/C22H19N3O6S/c26-8-7-25-19(18(24-22(25)32)15-3-1-2-6-23-15)17-5-4-16(31-17)12-9-13(20(27)28)11-14(10-12)21(29)30/h1-6,9-11,18-19,26H,7-8H2,(H,24,32)(H,27,28)(H,29,30)/t18-,19-/m0/s1. The first-order valence-corrected chi connectivity index (χ1v) is 10.1. The molecule has 0 amide bonds. The molecule has 3 heterocycles. The van der Waals surface area contributed by atoms with Crippen LogP contribution in [0.15, 0.2) is 59.1 Å². The Balaban J connectivity index is 1.76. The van der Waals surface area contributed by atoms with Crippen molar-refractivity contribution in [2.24, 2.45) is 0 Å². The van der Waals surface area contributed by atoms with E-state index in [2.05, 4.69) is 10.3 Å². The van der Waals surface area contributed by atoms with Gasteiger partial charge in [0.15, 0.2) is 5.11 Å². The molecule has 4 N–H and O–H groups in total. The molecular formula is C22H19N3O6S. The predicted molar refractivity (Wildman–Crippen MR) is 117 cm³/mol. The van der Waals surface area contributed by atoms with Gasteiger partial charge >= 0.3 is 11.9 Å². The van der Waals surface area contributed by atoms with E-state index in [4.69, 9.17) is 16.6 Å². The Morgan fingerprint density at radius 3 is 2.41 bits per heavy atom. The van der Waals surface area contributed by atoms with E-state index in [0.717, 1.165) is 11.8 Å². The smallest absolute Gasteiger partial charge is 0.335 e. The molecule has 4 rings (SSSR count). The second kappa shape index (κ2) is 8.77. The van der Waals surface area contributed by atoms with Crippen LogP contribution in [-0.2, 0) is 0 Å². The zero-order valence-corrected chi connectivity index (χ0v) is 17.5. The van der Waals surface area contributed by atoms with Crippen LogP contribution in [0.4, 0.5) is 0 Å². The van der Waals surface area contributed by atoms with Crippen molar-refractivity contribution >= 4 is 29.3 Å². The molecule has 1 aliphatic heterocycles. The second-order valence-electron chi connectivity index (χ2n) is 7.15. The maximum Gasteiger partial charge on any atom is 0.335 e. The van der Waals surface area contributed by atoms with Crippen molar-refractivity contribution in [1.82, 2.24) is 15.2 Å². The van der Waals surface area contributed by atoms with Gasteiger partial charge in [0, 0.05) is 18.3 Å². The van der Waals surface area contributed by atoms with Crippen LogP contribution in [0.5, 0.6) is 0 Å². The van der Waals surface area contributed by atoms with Gasteiger partial charge in [0.2, 0.25) is 0 Å². The van der Waals surface area contributed by atoms with Crippen LogP contribution in [-0.4, -0.2) is 55.4 Å². The summed E-state index contributed by atoms with van der Waals surface area (Å²) in [6.45, 7) is 0.150. The van der Waals surface area contributed by atoms with E-state index in [1.807, 2.05) is 12.1 Å². The van der Waals surface area contributed by atoms with Crippen LogP contribution >= 0.6 is 12.2 Å². The highest BCUT2D eigenvalue weighted by atomic mass is 32.1. The van der Waals surface area contributed by atoms with Gasteiger partial charge in [-0.15, -0.1) is 0 Å². The van der Waals surface area contributed by atoms with Gasteiger partial charge in [0.1, 0.15) is 17.6 Å². The Hall–Kier alpha value is -3.76. The van der Waals surface area contributed by atoms with Gasteiger partial charge in [-0.3, -0.25) is 4.98 Å². The monoisotopic (exact) mass is 453 g/mol. The van der Waals surface area contributed by atoms with Gasteiger partial charge in [-0.2, -0.15) is 0 Å². The summed E-state index contributed by atoms with van der Waals surface area (Å²) in [7, 11) is 0. The van der Waals surface area contributed by atoms with Crippen molar-refractivity contribution in [3.8, 4) is 11.3 Å². The van der Waals surface area contributed by atoms with Crippen molar-refractivity contribution in [1.29, 1.82) is 0 Å². The molecule has 1 aliphatic rings. The van der Waals surface area contributed by atoms with Gasteiger partial charge in [-0.25, -0.2) is 9.59 Å². The molecule has 9 nitrogen and oxygen atoms in total. The summed E-state index contributed by atoms with van der Waals surface area (Å²) < 4.78 is 6.06. The summed E-state index contributed by atoms with van der Waals surface area (Å²) in [5, 5.41) is 31.9.